The molecule has 0 aliphatic heterocycles. The quantitative estimate of drug-likeness (QED) is 0.804. The maximum absolute atomic E-state index is 11.0. The van der Waals surface area contributed by atoms with Crippen LogP contribution in [-0.4, -0.2) is 24.0 Å². The normalized spacial score (nSPS) is 10.0. The molecule has 0 aromatic heterocycles. The molecule has 1 N–H and O–H groups in total. The lowest BCUT2D eigenvalue weighted by atomic mass is 10.1. The van der Waals surface area contributed by atoms with E-state index < -0.39 is 0 Å². The topological polar surface area (TPSA) is 55.4 Å². The second-order valence-electron chi connectivity index (χ2n) is 5.80. The van der Waals surface area contributed by atoms with Gasteiger partial charge in [0.05, 0.1) is 12.5 Å². The Morgan fingerprint density at radius 1 is 1.00 bits per heavy atom. The van der Waals surface area contributed by atoms with E-state index in [-0.39, 0.29) is 29.3 Å². The molecule has 0 saturated heterocycles. The minimum absolute atomic E-state index is 0.00921. The Bertz CT molecular complexity index is 253. The first-order chi connectivity index (χ1) is 9.01. The van der Waals surface area contributed by atoms with E-state index >= 15 is 0 Å². The molecule has 0 rings (SSSR count). The molecule has 0 spiro atoms. The molecule has 20 heavy (non-hydrogen) atoms. The van der Waals surface area contributed by atoms with Crippen LogP contribution in [0, 0.1) is 11.8 Å². The summed E-state index contributed by atoms with van der Waals surface area (Å²) in [5.74, 6) is 0.0918. The number of nitrogens with one attached hydrogen (secondary N) is 1. The van der Waals surface area contributed by atoms with Crippen LogP contribution < -0.4 is 5.32 Å². The van der Waals surface area contributed by atoms with Crippen LogP contribution in [0.2, 0.25) is 0 Å². The van der Waals surface area contributed by atoms with Crippen molar-refractivity contribution < 1.29 is 14.3 Å². The molecule has 0 aromatic carbocycles. The van der Waals surface area contributed by atoms with Crippen LogP contribution in [-0.2, 0) is 14.3 Å². The standard InChI is InChI=1S/C8H17NO.C6H12O2.C2H6/c1-6(2)7(10)9-8(3,4)5;1-4-8-6(7)5(2)3;1-2/h6H,1-5H3,(H,9,10);5H,4H2,1-3H3;1-2H3. The van der Waals surface area contributed by atoms with Crippen molar-refractivity contribution >= 4 is 11.9 Å². The second-order valence-corrected chi connectivity index (χ2v) is 5.80. The summed E-state index contributed by atoms with van der Waals surface area (Å²) < 4.78 is 4.66. The van der Waals surface area contributed by atoms with Crippen LogP contribution in [0.3, 0.4) is 0 Å². The largest absolute Gasteiger partial charge is 0.466 e. The number of esters is 1. The van der Waals surface area contributed by atoms with E-state index in [0.717, 1.165) is 0 Å². The SMILES string of the molecule is CC.CC(C)C(=O)NC(C)(C)C.CCOC(=O)C(C)C. The van der Waals surface area contributed by atoms with Gasteiger partial charge in [0.15, 0.2) is 0 Å². The molecular weight excluding hydrogens is 254 g/mol. The van der Waals surface area contributed by atoms with Crippen molar-refractivity contribution in [3.63, 3.8) is 0 Å². The van der Waals surface area contributed by atoms with Gasteiger partial charge >= 0.3 is 5.97 Å². The lowest BCUT2D eigenvalue weighted by molar-refractivity contribution is -0.146. The summed E-state index contributed by atoms with van der Waals surface area (Å²) in [5.41, 5.74) is -0.0959. The molecule has 1 amide bonds. The molecule has 0 atom stereocenters. The van der Waals surface area contributed by atoms with Crippen molar-refractivity contribution in [2.75, 3.05) is 6.61 Å². The molecule has 0 aliphatic carbocycles. The zero-order valence-corrected chi connectivity index (χ0v) is 15.1. The summed E-state index contributed by atoms with van der Waals surface area (Å²) in [4.78, 5) is 21.6. The maximum Gasteiger partial charge on any atom is 0.308 e. The Kier molecular flexibility index (Phi) is 15.5. The van der Waals surface area contributed by atoms with Gasteiger partial charge in [0.25, 0.3) is 0 Å². The van der Waals surface area contributed by atoms with E-state index in [1.54, 1.807) is 6.92 Å². The molecule has 0 bridgehead atoms. The van der Waals surface area contributed by atoms with E-state index in [1.807, 2.05) is 62.3 Å². The van der Waals surface area contributed by atoms with Crippen LogP contribution >= 0.6 is 0 Å². The summed E-state index contributed by atoms with van der Waals surface area (Å²) in [6, 6.07) is 0. The van der Waals surface area contributed by atoms with Gasteiger partial charge in [-0.25, -0.2) is 0 Å². The van der Waals surface area contributed by atoms with Gasteiger partial charge in [-0.15, -0.1) is 0 Å². The summed E-state index contributed by atoms with van der Waals surface area (Å²) in [5, 5.41) is 2.88. The predicted molar refractivity (Wildman–Crippen MR) is 85.6 cm³/mol. The van der Waals surface area contributed by atoms with Crippen LogP contribution in [0.25, 0.3) is 0 Å². The summed E-state index contributed by atoms with van der Waals surface area (Å²) in [7, 11) is 0. The third kappa shape index (κ3) is 19.3. The third-order valence-corrected chi connectivity index (χ3v) is 1.78. The second kappa shape index (κ2) is 12.9. The van der Waals surface area contributed by atoms with Gasteiger partial charge in [0.1, 0.15) is 0 Å². The Balaban J connectivity index is -0.000000262. The number of carbonyl (C=O) groups is 2. The molecule has 0 aromatic rings. The number of carbonyl (C=O) groups excluding carboxylic acids is 2. The zero-order chi connectivity index (χ0) is 16.9. The minimum Gasteiger partial charge on any atom is -0.466 e. The highest BCUT2D eigenvalue weighted by molar-refractivity contribution is 5.78. The fraction of sp³-hybridized carbons (Fsp3) is 0.875. The van der Waals surface area contributed by atoms with Gasteiger partial charge in [0.2, 0.25) is 5.91 Å². The summed E-state index contributed by atoms with van der Waals surface area (Å²) >= 11 is 0. The van der Waals surface area contributed by atoms with Crippen molar-refractivity contribution in [2.45, 2.75) is 74.8 Å². The molecule has 0 aliphatic rings. The smallest absolute Gasteiger partial charge is 0.308 e. The van der Waals surface area contributed by atoms with E-state index in [4.69, 9.17) is 0 Å². The number of hydrogen-bond donors (Lipinski definition) is 1. The van der Waals surface area contributed by atoms with Gasteiger partial charge in [0, 0.05) is 11.5 Å². The van der Waals surface area contributed by atoms with Crippen molar-refractivity contribution in [3.8, 4) is 0 Å². The fourth-order valence-electron chi connectivity index (χ4n) is 0.823. The van der Waals surface area contributed by atoms with Crippen LogP contribution in [0.1, 0.15) is 69.2 Å². The van der Waals surface area contributed by atoms with Crippen LogP contribution in [0.4, 0.5) is 0 Å². The first kappa shape index (κ1) is 24.0. The molecule has 122 valence electrons. The molecular formula is C16H35NO3. The molecule has 4 heteroatoms. The van der Waals surface area contributed by atoms with E-state index in [2.05, 4.69) is 10.1 Å². The van der Waals surface area contributed by atoms with Crippen molar-refractivity contribution in [1.29, 1.82) is 0 Å². The van der Waals surface area contributed by atoms with Crippen molar-refractivity contribution in [2.24, 2.45) is 11.8 Å². The van der Waals surface area contributed by atoms with E-state index in [0.29, 0.717) is 6.61 Å². The van der Waals surface area contributed by atoms with E-state index in [9.17, 15) is 9.59 Å². The average Bonchev–Trinajstić information content (AvgIpc) is 2.30. The van der Waals surface area contributed by atoms with Gasteiger partial charge < -0.3 is 10.1 Å². The van der Waals surface area contributed by atoms with Crippen molar-refractivity contribution in [3.05, 3.63) is 0 Å². The van der Waals surface area contributed by atoms with Crippen LogP contribution in [0.15, 0.2) is 0 Å². The molecule has 0 fully saturated rings. The third-order valence-electron chi connectivity index (χ3n) is 1.78. The molecule has 0 saturated carbocycles. The maximum atomic E-state index is 11.0. The van der Waals surface area contributed by atoms with Gasteiger partial charge in [-0.1, -0.05) is 41.5 Å². The number of amides is 1. The predicted octanol–water partition coefficient (Wildman–Crippen LogP) is 3.79. The molecule has 0 radical (unpaired) electrons. The number of rotatable bonds is 3. The highest BCUT2D eigenvalue weighted by Gasteiger charge is 2.15. The number of ether oxygens (including phenoxy) is 1. The minimum atomic E-state index is -0.118. The zero-order valence-electron chi connectivity index (χ0n) is 15.1. The molecule has 0 unspecified atom stereocenters. The Hall–Kier alpha value is -1.06. The first-order valence-electron chi connectivity index (χ1n) is 7.49. The summed E-state index contributed by atoms with van der Waals surface area (Å²) in [6.07, 6.45) is 0. The van der Waals surface area contributed by atoms with Gasteiger partial charge in [-0.2, -0.15) is 0 Å². The summed E-state index contributed by atoms with van der Waals surface area (Å²) in [6.45, 7) is 19.6. The Labute approximate surface area is 125 Å². The first-order valence-corrected chi connectivity index (χ1v) is 7.49. The van der Waals surface area contributed by atoms with Crippen molar-refractivity contribution in [1.82, 2.24) is 5.32 Å². The average molecular weight is 289 g/mol. The highest BCUT2D eigenvalue weighted by atomic mass is 16.5. The highest BCUT2D eigenvalue weighted by Crippen LogP contribution is 2.01. The Morgan fingerprint density at radius 3 is 1.50 bits per heavy atom. The van der Waals surface area contributed by atoms with Crippen LogP contribution in [0.5, 0.6) is 0 Å². The molecule has 0 heterocycles. The van der Waals surface area contributed by atoms with Gasteiger partial charge in [-0.3, -0.25) is 9.59 Å². The fourth-order valence-corrected chi connectivity index (χ4v) is 0.823. The number of hydrogen-bond acceptors (Lipinski definition) is 3. The lowest BCUT2D eigenvalue weighted by Gasteiger charge is -2.21. The monoisotopic (exact) mass is 289 g/mol. The molecule has 4 nitrogen and oxygen atoms in total. The van der Waals surface area contributed by atoms with E-state index in [1.165, 1.54) is 0 Å². The Morgan fingerprint density at radius 2 is 1.40 bits per heavy atom. The van der Waals surface area contributed by atoms with Gasteiger partial charge in [-0.05, 0) is 27.7 Å². The lowest BCUT2D eigenvalue weighted by Crippen LogP contribution is -2.42.